The fourth-order valence-electron chi connectivity index (χ4n) is 3.10. The molecular formula is C23H27N2O2S3+. The maximum absolute atomic E-state index is 10.7. The van der Waals surface area contributed by atoms with Crippen LogP contribution in [0.5, 0.6) is 0 Å². The lowest BCUT2D eigenvalue weighted by Crippen LogP contribution is -2.08. The number of pyridine rings is 1. The summed E-state index contributed by atoms with van der Waals surface area (Å²) >= 11 is 2.26. The fraction of sp³-hybridized carbons (Fsp3) is 0.261. The molecule has 158 valence electrons. The Morgan fingerprint density at radius 2 is 1.90 bits per heavy atom. The van der Waals surface area contributed by atoms with E-state index < -0.39 is 11.2 Å². The van der Waals surface area contributed by atoms with Gasteiger partial charge in [-0.25, -0.2) is 4.98 Å². The van der Waals surface area contributed by atoms with Crippen molar-refractivity contribution in [1.82, 2.24) is 4.98 Å². The van der Waals surface area contributed by atoms with Crippen LogP contribution in [0.4, 0.5) is 5.69 Å². The number of aromatic nitrogens is 1. The minimum atomic E-state index is -0.911. The van der Waals surface area contributed by atoms with Crippen LogP contribution in [0.2, 0.25) is 0 Å². The summed E-state index contributed by atoms with van der Waals surface area (Å²) in [5.74, 6) is 0.642. The molecule has 4 rings (SSSR count). The Labute approximate surface area is 188 Å². The zero-order chi connectivity index (χ0) is 21.5. The van der Waals surface area contributed by atoms with Crippen molar-refractivity contribution in [3.8, 4) is 21.7 Å². The first kappa shape index (κ1) is 22.8. The van der Waals surface area contributed by atoms with Crippen molar-refractivity contribution in [2.24, 2.45) is 0 Å². The van der Waals surface area contributed by atoms with Crippen LogP contribution in [0.3, 0.4) is 0 Å². The fourth-order valence-corrected chi connectivity index (χ4v) is 6.45. The van der Waals surface area contributed by atoms with Crippen LogP contribution in [-0.4, -0.2) is 29.0 Å². The lowest BCUT2D eigenvalue weighted by Gasteiger charge is -2.07. The average molecular weight is 460 g/mol. The molecule has 7 heteroatoms. The predicted molar refractivity (Wildman–Crippen MR) is 134 cm³/mol. The Hall–Kier alpha value is -1.90. The Kier molecular flexibility index (Phi) is 8.30. The summed E-state index contributed by atoms with van der Waals surface area (Å²) in [4.78, 5) is 6.87. The van der Waals surface area contributed by atoms with Crippen molar-refractivity contribution in [3.63, 3.8) is 0 Å². The van der Waals surface area contributed by atoms with E-state index >= 15 is 0 Å². The Morgan fingerprint density at radius 1 is 1.13 bits per heavy atom. The zero-order valence-corrected chi connectivity index (χ0v) is 19.9. The molecule has 0 radical (unpaired) electrons. The molecule has 0 saturated carbocycles. The number of nitrogen functional groups attached to an aromatic ring is 1. The van der Waals surface area contributed by atoms with Crippen molar-refractivity contribution in [3.05, 3.63) is 53.9 Å². The SMILES string of the molecule is CC.COCCC[S+](O)c1sc2nc(-c3cccs3)cc(-c3ccccc3)c2c1N. The van der Waals surface area contributed by atoms with E-state index in [1.54, 1.807) is 18.4 Å². The zero-order valence-electron chi connectivity index (χ0n) is 17.4. The first-order valence-corrected chi connectivity index (χ1v) is 12.9. The third-order valence-electron chi connectivity index (χ3n) is 4.42. The lowest BCUT2D eigenvalue weighted by molar-refractivity contribution is 0.199. The van der Waals surface area contributed by atoms with E-state index in [9.17, 15) is 4.55 Å². The quantitative estimate of drug-likeness (QED) is 0.236. The van der Waals surface area contributed by atoms with Gasteiger partial charge in [0.25, 0.3) is 4.21 Å². The molecule has 0 spiro atoms. The van der Waals surface area contributed by atoms with E-state index in [1.165, 1.54) is 11.3 Å². The summed E-state index contributed by atoms with van der Waals surface area (Å²) in [5.41, 5.74) is 10.3. The number of anilines is 1. The molecule has 0 aliphatic rings. The second kappa shape index (κ2) is 10.9. The first-order valence-electron chi connectivity index (χ1n) is 9.90. The second-order valence-corrected chi connectivity index (χ2v) is 10.0. The topological polar surface area (TPSA) is 68.4 Å². The van der Waals surface area contributed by atoms with Gasteiger partial charge < -0.3 is 10.5 Å². The number of hydrogen-bond acceptors (Lipinski definition) is 6. The number of fused-ring (bicyclic) bond motifs is 1. The summed E-state index contributed by atoms with van der Waals surface area (Å²) in [5, 5.41) is 2.99. The standard InChI is InChI=1S/C21H21N2O2S3.C2H6/c1-25-10-6-12-28(24)21-19(22)18-15(14-7-3-2-4-8-14)13-16(23-20(18)27-21)17-9-5-11-26-17;1-2/h2-5,7-9,11,13,24H,6,10,12,22H2,1H3;1-2H3/q+1;. The number of thiophene rings is 2. The molecular weight excluding hydrogens is 432 g/mol. The third kappa shape index (κ3) is 4.87. The Morgan fingerprint density at radius 3 is 2.57 bits per heavy atom. The molecule has 1 unspecified atom stereocenters. The molecule has 0 saturated heterocycles. The van der Waals surface area contributed by atoms with E-state index in [4.69, 9.17) is 15.5 Å². The molecule has 1 atom stereocenters. The summed E-state index contributed by atoms with van der Waals surface area (Å²) in [6, 6.07) is 16.4. The minimum absolute atomic E-state index is 0.630. The van der Waals surface area contributed by atoms with Crippen LogP contribution in [-0.2, 0) is 15.9 Å². The molecule has 3 aromatic heterocycles. The minimum Gasteiger partial charge on any atom is -0.393 e. The highest BCUT2D eigenvalue weighted by atomic mass is 32.2. The number of methoxy groups -OCH3 is 1. The summed E-state index contributed by atoms with van der Waals surface area (Å²) in [7, 11) is 1.67. The van der Waals surface area contributed by atoms with Gasteiger partial charge in [0.05, 0.1) is 17.2 Å². The van der Waals surface area contributed by atoms with Gasteiger partial charge in [-0.3, -0.25) is 0 Å². The molecule has 0 aliphatic carbocycles. The van der Waals surface area contributed by atoms with Crippen molar-refractivity contribution in [2.45, 2.75) is 24.5 Å². The Bertz CT molecular complexity index is 1060. The molecule has 4 aromatic rings. The molecule has 1 aromatic carbocycles. The number of hydrogen-bond donors (Lipinski definition) is 2. The molecule has 3 N–H and O–H groups in total. The molecule has 0 bridgehead atoms. The van der Waals surface area contributed by atoms with E-state index in [1.807, 2.05) is 38.1 Å². The van der Waals surface area contributed by atoms with E-state index in [0.717, 1.165) is 42.5 Å². The van der Waals surface area contributed by atoms with Gasteiger partial charge in [-0.1, -0.05) is 61.6 Å². The molecule has 0 fully saturated rings. The van der Waals surface area contributed by atoms with Crippen molar-refractivity contribution >= 4 is 49.8 Å². The number of nitrogens with two attached hydrogens (primary N) is 1. The van der Waals surface area contributed by atoms with Crippen LogP contribution >= 0.6 is 22.7 Å². The third-order valence-corrected chi connectivity index (χ3v) is 8.36. The van der Waals surface area contributed by atoms with Crippen molar-refractivity contribution in [1.29, 1.82) is 0 Å². The van der Waals surface area contributed by atoms with E-state index in [2.05, 4.69) is 29.6 Å². The lowest BCUT2D eigenvalue weighted by atomic mass is 10.0. The highest BCUT2D eigenvalue weighted by molar-refractivity contribution is 7.93. The van der Waals surface area contributed by atoms with Gasteiger partial charge in [0.1, 0.15) is 16.3 Å². The molecule has 4 nitrogen and oxygen atoms in total. The number of rotatable bonds is 7. The summed E-state index contributed by atoms with van der Waals surface area (Å²) in [6.45, 7) is 4.63. The predicted octanol–water partition coefficient (Wildman–Crippen LogP) is 6.79. The number of ether oxygens (including phenoxy) is 1. The van der Waals surface area contributed by atoms with Gasteiger partial charge in [-0.05, 0) is 28.6 Å². The number of benzene rings is 1. The van der Waals surface area contributed by atoms with Crippen LogP contribution in [0.25, 0.3) is 31.9 Å². The first-order chi connectivity index (χ1) is 14.7. The van der Waals surface area contributed by atoms with Crippen LogP contribution in [0, 0.1) is 0 Å². The Balaban J connectivity index is 0.00000124. The van der Waals surface area contributed by atoms with Gasteiger partial charge in [0.15, 0.2) is 11.2 Å². The van der Waals surface area contributed by atoms with Crippen LogP contribution in [0.1, 0.15) is 20.3 Å². The van der Waals surface area contributed by atoms with Crippen LogP contribution < -0.4 is 5.73 Å². The van der Waals surface area contributed by atoms with Crippen molar-refractivity contribution < 1.29 is 9.29 Å². The number of nitrogens with zero attached hydrogens (tertiary/aromatic N) is 1. The molecule has 3 heterocycles. The van der Waals surface area contributed by atoms with Crippen LogP contribution in [0.15, 0.2) is 58.1 Å². The molecule has 0 aliphatic heterocycles. The maximum Gasteiger partial charge on any atom is 0.269 e. The molecule has 0 amide bonds. The van der Waals surface area contributed by atoms with E-state index in [-0.39, 0.29) is 0 Å². The van der Waals surface area contributed by atoms with Crippen molar-refractivity contribution in [2.75, 3.05) is 25.2 Å². The average Bonchev–Trinajstić information content (AvgIpc) is 3.44. The molecule has 30 heavy (non-hydrogen) atoms. The monoisotopic (exact) mass is 459 g/mol. The van der Waals surface area contributed by atoms with E-state index in [0.29, 0.717) is 18.0 Å². The highest BCUT2D eigenvalue weighted by Gasteiger charge is 2.29. The van der Waals surface area contributed by atoms with Gasteiger partial charge in [-0.2, -0.15) is 4.55 Å². The van der Waals surface area contributed by atoms with Gasteiger partial charge in [-0.15, -0.1) is 11.3 Å². The van der Waals surface area contributed by atoms with Gasteiger partial charge in [0.2, 0.25) is 0 Å². The summed E-state index contributed by atoms with van der Waals surface area (Å²) < 4.78 is 16.6. The smallest absolute Gasteiger partial charge is 0.269 e. The summed E-state index contributed by atoms with van der Waals surface area (Å²) in [6.07, 6.45) is 0.795. The largest absolute Gasteiger partial charge is 0.393 e. The van der Waals surface area contributed by atoms with Gasteiger partial charge in [0, 0.05) is 18.9 Å². The highest BCUT2D eigenvalue weighted by Crippen LogP contribution is 2.43. The second-order valence-electron chi connectivity index (χ2n) is 6.30. The normalized spacial score (nSPS) is 11.9. The van der Waals surface area contributed by atoms with Gasteiger partial charge >= 0.3 is 0 Å². The maximum atomic E-state index is 10.7.